The van der Waals surface area contributed by atoms with Gasteiger partial charge in [0, 0.05) is 19.0 Å². The van der Waals surface area contributed by atoms with Gasteiger partial charge in [0.15, 0.2) is 0 Å². The lowest BCUT2D eigenvalue weighted by Gasteiger charge is -2.30. The number of fused-ring (bicyclic) bond motifs is 2. The van der Waals surface area contributed by atoms with Crippen LogP contribution in [-0.2, 0) is 7.05 Å². The highest BCUT2D eigenvalue weighted by atomic mass is 16.2. The molecule has 6 heteroatoms. The van der Waals surface area contributed by atoms with Crippen molar-refractivity contribution in [2.24, 2.45) is 7.05 Å². The summed E-state index contributed by atoms with van der Waals surface area (Å²) >= 11 is 0. The van der Waals surface area contributed by atoms with Crippen molar-refractivity contribution >= 4 is 33.4 Å². The van der Waals surface area contributed by atoms with E-state index in [2.05, 4.69) is 12.2 Å². The quantitative estimate of drug-likeness (QED) is 0.318. The molecule has 0 bridgehead atoms. The Hall–Kier alpha value is -3.67. The van der Waals surface area contributed by atoms with Crippen LogP contribution in [0, 0.1) is 0 Å². The molecule has 1 atom stereocenters. The number of aromatic nitrogens is 2. The first-order valence-electron chi connectivity index (χ1n) is 12.0. The van der Waals surface area contributed by atoms with E-state index >= 15 is 0 Å². The number of para-hydroxylation sites is 1. The molecule has 0 aliphatic heterocycles. The van der Waals surface area contributed by atoms with E-state index in [9.17, 15) is 9.59 Å². The molecule has 1 heterocycles. The third-order valence-corrected chi connectivity index (χ3v) is 6.40. The average Bonchev–Trinajstić information content (AvgIpc) is 2.86. The van der Waals surface area contributed by atoms with Crippen LogP contribution in [0.4, 0.5) is 10.5 Å². The third-order valence-electron chi connectivity index (χ3n) is 6.40. The number of amides is 2. The van der Waals surface area contributed by atoms with E-state index in [0.717, 1.165) is 42.1 Å². The number of carbonyl (C=O) groups excluding carboxylic acids is 1. The summed E-state index contributed by atoms with van der Waals surface area (Å²) in [6.07, 6.45) is 4.19. The fraction of sp³-hybridized carbons (Fsp3) is 0.321. The van der Waals surface area contributed by atoms with Crippen molar-refractivity contribution in [3.05, 3.63) is 82.9 Å². The zero-order valence-corrected chi connectivity index (χ0v) is 20.1. The van der Waals surface area contributed by atoms with Crippen LogP contribution in [0.3, 0.4) is 0 Å². The van der Waals surface area contributed by atoms with Gasteiger partial charge in [-0.15, -0.1) is 0 Å². The van der Waals surface area contributed by atoms with Crippen molar-refractivity contribution in [3.8, 4) is 0 Å². The minimum atomic E-state index is -0.376. The highest BCUT2D eigenvalue weighted by molar-refractivity contribution is 6.01. The van der Waals surface area contributed by atoms with Crippen molar-refractivity contribution in [2.45, 2.75) is 45.6 Å². The van der Waals surface area contributed by atoms with Gasteiger partial charge in [0.2, 0.25) is 0 Å². The molecule has 4 rings (SSSR count). The van der Waals surface area contributed by atoms with Crippen LogP contribution in [0.1, 0.15) is 51.4 Å². The predicted molar refractivity (Wildman–Crippen MR) is 139 cm³/mol. The monoisotopic (exact) mass is 456 g/mol. The molecule has 3 aromatic carbocycles. The summed E-state index contributed by atoms with van der Waals surface area (Å²) in [4.78, 5) is 33.2. The highest BCUT2D eigenvalue weighted by Gasteiger charge is 2.25. The molecule has 1 aromatic heterocycles. The molecule has 1 N–H and O–H groups in total. The summed E-state index contributed by atoms with van der Waals surface area (Å²) in [5, 5.41) is 5.76. The Morgan fingerprint density at radius 2 is 1.68 bits per heavy atom. The topological polar surface area (TPSA) is 67.2 Å². The number of benzene rings is 3. The molecule has 0 saturated heterocycles. The number of anilines is 1. The summed E-state index contributed by atoms with van der Waals surface area (Å²) in [5.41, 5.74) is 1.31. The number of rotatable bonds is 8. The van der Waals surface area contributed by atoms with Gasteiger partial charge in [-0.05, 0) is 36.9 Å². The second-order valence-electron chi connectivity index (χ2n) is 8.74. The van der Waals surface area contributed by atoms with Crippen LogP contribution in [0.25, 0.3) is 21.7 Å². The summed E-state index contributed by atoms with van der Waals surface area (Å²) in [6, 6.07) is 20.7. The van der Waals surface area contributed by atoms with Gasteiger partial charge in [-0.2, -0.15) is 0 Å². The van der Waals surface area contributed by atoms with Crippen LogP contribution in [0.15, 0.2) is 71.5 Å². The van der Waals surface area contributed by atoms with Crippen LogP contribution in [0.5, 0.6) is 0 Å². The minimum Gasteiger partial charge on any atom is -0.315 e. The zero-order valence-electron chi connectivity index (χ0n) is 20.1. The number of unbranched alkanes of at least 4 members (excludes halogenated alkanes) is 3. The van der Waals surface area contributed by atoms with Crippen molar-refractivity contribution < 1.29 is 4.79 Å². The number of nitrogens with one attached hydrogen (secondary N) is 1. The lowest BCUT2D eigenvalue weighted by atomic mass is 10.1. The van der Waals surface area contributed by atoms with E-state index in [0.29, 0.717) is 23.3 Å². The summed E-state index contributed by atoms with van der Waals surface area (Å²) < 4.78 is 1.57. The van der Waals surface area contributed by atoms with Crippen LogP contribution in [-0.4, -0.2) is 27.0 Å². The van der Waals surface area contributed by atoms with Crippen molar-refractivity contribution in [2.75, 3.05) is 11.9 Å². The maximum atomic E-state index is 13.6. The summed E-state index contributed by atoms with van der Waals surface area (Å²) in [7, 11) is 1.73. The Balaban J connectivity index is 1.68. The maximum absolute atomic E-state index is 13.6. The molecule has 0 fully saturated rings. The SMILES string of the molecule is CCCCCCN(C(=O)Nc1cccc2ccccc12)C(C)c1nc2ccccc2c(=O)n1C. The van der Waals surface area contributed by atoms with E-state index in [1.165, 1.54) is 0 Å². The van der Waals surface area contributed by atoms with Crippen LogP contribution in [0.2, 0.25) is 0 Å². The normalized spacial score (nSPS) is 12.1. The van der Waals surface area contributed by atoms with Crippen LogP contribution >= 0.6 is 0 Å². The number of hydrogen-bond donors (Lipinski definition) is 1. The molecular formula is C28H32N4O2. The zero-order chi connectivity index (χ0) is 24.1. The number of nitrogens with zero attached hydrogens (tertiary/aromatic N) is 3. The Bertz CT molecular complexity index is 1360. The van der Waals surface area contributed by atoms with Gasteiger partial charge in [-0.1, -0.05) is 74.7 Å². The summed E-state index contributed by atoms with van der Waals surface area (Å²) in [5.74, 6) is 0.576. The molecule has 0 aliphatic rings. The van der Waals surface area contributed by atoms with Gasteiger partial charge in [0.05, 0.1) is 22.6 Å². The fourth-order valence-corrected chi connectivity index (χ4v) is 4.45. The lowest BCUT2D eigenvalue weighted by molar-refractivity contribution is 0.187. The van der Waals surface area contributed by atoms with Gasteiger partial charge in [-0.3, -0.25) is 9.36 Å². The Labute approximate surface area is 200 Å². The van der Waals surface area contributed by atoms with Crippen molar-refractivity contribution in [3.63, 3.8) is 0 Å². The van der Waals surface area contributed by atoms with E-state index in [-0.39, 0.29) is 17.6 Å². The van der Waals surface area contributed by atoms with Gasteiger partial charge >= 0.3 is 6.03 Å². The molecule has 0 radical (unpaired) electrons. The molecule has 1 unspecified atom stereocenters. The Morgan fingerprint density at radius 1 is 0.971 bits per heavy atom. The molecule has 0 aliphatic carbocycles. The third kappa shape index (κ3) is 4.81. The van der Waals surface area contributed by atoms with E-state index in [1.807, 2.05) is 67.6 Å². The lowest BCUT2D eigenvalue weighted by Crippen LogP contribution is -2.40. The second kappa shape index (κ2) is 10.5. The van der Waals surface area contributed by atoms with Crippen molar-refractivity contribution in [1.29, 1.82) is 0 Å². The maximum Gasteiger partial charge on any atom is 0.322 e. The van der Waals surface area contributed by atoms with Gasteiger partial charge in [-0.25, -0.2) is 9.78 Å². The molecule has 176 valence electrons. The van der Waals surface area contributed by atoms with Crippen molar-refractivity contribution in [1.82, 2.24) is 14.5 Å². The first kappa shape index (κ1) is 23.5. The summed E-state index contributed by atoms with van der Waals surface area (Å²) in [6.45, 7) is 4.70. The molecule has 34 heavy (non-hydrogen) atoms. The average molecular weight is 457 g/mol. The van der Waals surface area contributed by atoms with E-state index in [4.69, 9.17) is 4.98 Å². The molecule has 0 saturated carbocycles. The Morgan fingerprint density at radius 3 is 2.47 bits per heavy atom. The van der Waals surface area contributed by atoms with Gasteiger partial charge < -0.3 is 10.2 Å². The number of hydrogen-bond acceptors (Lipinski definition) is 3. The van der Waals surface area contributed by atoms with Crippen LogP contribution < -0.4 is 10.9 Å². The first-order valence-corrected chi connectivity index (χ1v) is 12.0. The molecule has 0 spiro atoms. The second-order valence-corrected chi connectivity index (χ2v) is 8.74. The highest BCUT2D eigenvalue weighted by Crippen LogP contribution is 2.26. The van der Waals surface area contributed by atoms with Gasteiger partial charge in [0.25, 0.3) is 5.56 Å². The van der Waals surface area contributed by atoms with E-state index < -0.39 is 0 Å². The largest absolute Gasteiger partial charge is 0.322 e. The minimum absolute atomic E-state index is 0.104. The fourth-order valence-electron chi connectivity index (χ4n) is 4.45. The molecular weight excluding hydrogens is 424 g/mol. The molecule has 4 aromatic rings. The molecule has 6 nitrogen and oxygen atoms in total. The molecule has 2 amide bonds. The number of urea groups is 1. The van der Waals surface area contributed by atoms with Gasteiger partial charge in [0.1, 0.15) is 5.82 Å². The number of carbonyl (C=O) groups is 1. The standard InChI is InChI=1S/C28H32N4O2/c1-4-5-6-11-19-32(28(34)30-24-18-12-14-21-13-7-8-15-22(21)24)20(2)26-29-25-17-10-9-16-23(25)27(33)31(26)3/h7-10,12-18,20H,4-6,11,19H2,1-3H3,(H,30,34). The smallest absolute Gasteiger partial charge is 0.315 e. The predicted octanol–water partition coefficient (Wildman–Crippen LogP) is 6.26. The van der Waals surface area contributed by atoms with E-state index in [1.54, 1.807) is 22.6 Å². The first-order chi connectivity index (χ1) is 16.5. The Kier molecular flexibility index (Phi) is 7.26.